The monoisotopic (exact) mass is 367 g/mol. The van der Waals surface area contributed by atoms with E-state index in [4.69, 9.17) is 15.2 Å². The maximum atomic E-state index is 11.4. The van der Waals surface area contributed by atoms with Gasteiger partial charge in [0.05, 0.1) is 7.11 Å². The summed E-state index contributed by atoms with van der Waals surface area (Å²) in [5, 5.41) is 0. The summed E-state index contributed by atoms with van der Waals surface area (Å²) in [4.78, 5) is 11.4. The van der Waals surface area contributed by atoms with Crippen molar-refractivity contribution in [2.45, 2.75) is 52.6 Å². The van der Waals surface area contributed by atoms with Gasteiger partial charge in [-0.25, -0.2) is 4.79 Å². The van der Waals surface area contributed by atoms with Gasteiger partial charge in [0.15, 0.2) is 0 Å². The van der Waals surface area contributed by atoms with E-state index in [9.17, 15) is 4.79 Å². The molecule has 0 saturated heterocycles. The Bertz CT molecular complexity index is 878. The van der Waals surface area contributed by atoms with Crippen LogP contribution in [0.4, 0.5) is 4.79 Å². The Hall–Kier alpha value is -2.49. The predicted molar refractivity (Wildman–Crippen MR) is 108 cm³/mol. The Morgan fingerprint density at radius 1 is 1.19 bits per heavy atom. The van der Waals surface area contributed by atoms with Gasteiger partial charge in [0.25, 0.3) is 0 Å². The molecule has 1 amide bonds. The molecule has 4 heteroatoms. The summed E-state index contributed by atoms with van der Waals surface area (Å²) >= 11 is 0. The quantitative estimate of drug-likeness (QED) is 0.792. The van der Waals surface area contributed by atoms with Gasteiger partial charge in [0.1, 0.15) is 11.9 Å². The average Bonchev–Trinajstić information content (AvgIpc) is 2.82. The van der Waals surface area contributed by atoms with E-state index in [2.05, 4.69) is 65.0 Å². The number of carbonyl (C=O) groups is 1. The number of nitrogens with two attached hydrogens (primary N) is 1. The van der Waals surface area contributed by atoms with E-state index < -0.39 is 6.09 Å². The van der Waals surface area contributed by atoms with Crippen LogP contribution in [0.15, 0.2) is 36.4 Å². The SMILES string of the molecule is COc1cc2c(cc1-c1cccc(C(C)(C)C)c1)CC(C)(C)C2OC(N)=O. The van der Waals surface area contributed by atoms with Crippen LogP contribution in [-0.2, 0) is 16.6 Å². The highest BCUT2D eigenvalue weighted by Gasteiger charge is 2.42. The van der Waals surface area contributed by atoms with Crippen molar-refractivity contribution >= 4 is 6.09 Å². The second kappa shape index (κ2) is 6.59. The highest BCUT2D eigenvalue weighted by molar-refractivity contribution is 5.74. The highest BCUT2D eigenvalue weighted by Crippen LogP contribution is 2.50. The number of primary amides is 1. The molecular formula is C23H29NO3. The molecule has 3 rings (SSSR count). The topological polar surface area (TPSA) is 61.6 Å². The van der Waals surface area contributed by atoms with Crippen molar-refractivity contribution in [2.24, 2.45) is 11.1 Å². The fourth-order valence-corrected chi connectivity index (χ4v) is 3.93. The van der Waals surface area contributed by atoms with Crippen LogP contribution in [-0.4, -0.2) is 13.2 Å². The van der Waals surface area contributed by atoms with E-state index in [1.165, 1.54) is 11.1 Å². The summed E-state index contributed by atoms with van der Waals surface area (Å²) < 4.78 is 11.1. The predicted octanol–water partition coefficient (Wildman–Crippen LogP) is 5.38. The van der Waals surface area contributed by atoms with Crippen molar-refractivity contribution in [2.75, 3.05) is 7.11 Å². The van der Waals surface area contributed by atoms with Gasteiger partial charge in [0, 0.05) is 11.0 Å². The fraction of sp³-hybridized carbons (Fsp3) is 0.435. The van der Waals surface area contributed by atoms with E-state index in [0.29, 0.717) is 0 Å². The van der Waals surface area contributed by atoms with Gasteiger partial charge in [-0.2, -0.15) is 0 Å². The molecule has 27 heavy (non-hydrogen) atoms. The van der Waals surface area contributed by atoms with Crippen LogP contribution in [0, 0.1) is 5.41 Å². The molecule has 0 heterocycles. The molecule has 2 N–H and O–H groups in total. The summed E-state index contributed by atoms with van der Waals surface area (Å²) in [6.07, 6.45) is -0.299. The maximum absolute atomic E-state index is 11.4. The molecule has 144 valence electrons. The Balaban J connectivity index is 2.12. The number of hydrogen-bond acceptors (Lipinski definition) is 3. The van der Waals surface area contributed by atoms with Crippen LogP contribution in [0.3, 0.4) is 0 Å². The van der Waals surface area contributed by atoms with E-state index in [1.807, 2.05) is 6.07 Å². The second-order valence-electron chi connectivity index (χ2n) is 9.06. The number of hydrogen-bond donors (Lipinski definition) is 1. The summed E-state index contributed by atoms with van der Waals surface area (Å²) in [5.74, 6) is 0.774. The Morgan fingerprint density at radius 2 is 1.89 bits per heavy atom. The molecular weight excluding hydrogens is 338 g/mol. The van der Waals surface area contributed by atoms with E-state index in [0.717, 1.165) is 28.9 Å². The van der Waals surface area contributed by atoms with E-state index in [1.54, 1.807) is 7.11 Å². The van der Waals surface area contributed by atoms with Crippen molar-refractivity contribution in [3.05, 3.63) is 53.1 Å². The van der Waals surface area contributed by atoms with Gasteiger partial charge in [-0.3, -0.25) is 0 Å². The molecule has 0 radical (unpaired) electrons. The minimum Gasteiger partial charge on any atom is -0.496 e. The molecule has 1 atom stereocenters. The van der Waals surface area contributed by atoms with Crippen molar-refractivity contribution in [3.63, 3.8) is 0 Å². The van der Waals surface area contributed by atoms with Crippen LogP contribution in [0.5, 0.6) is 5.75 Å². The van der Waals surface area contributed by atoms with Crippen LogP contribution < -0.4 is 10.5 Å². The number of carbonyl (C=O) groups excluding carboxylic acids is 1. The zero-order valence-corrected chi connectivity index (χ0v) is 17.1. The minimum atomic E-state index is -0.748. The lowest BCUT2D eigenvalue weighted by molar-refractivity contribution is 0.0391. The summed E-state index contributed by atoms with van der Waals surface area (Å²) in [5.41, 5.74) is 10.8. The summed E-state index contributed by atoms with van der Waals surface area (Å²) in [7, 11) is 1.67. The lowest BCUT2D eigenvalue weighted by Crippen LogP contribution is -2.25. The first-order chi connectivity index (χ1) is 12.5. The zero-order chi connectivity index (χ0) is 20.0. The molecule has 0 saturated carbocycles. The van der Waals surface area contributed by atoms with Crippen LogP contribution in [0.25, 0.3) is 11.1 Å². The molecule has 0 bridgehead atoms. The van der Waals surface area contributed by atoms with Crippen LogP contribution in [0.2, 0.25) is 0 Å². The third kappa shape index (κ3) is 3.66. The van der Waals surface area contributed by atoms with Gasteiger partial charge in [0.2, 0.25) is 0 Å². The number of methoxy groups -OCH3 is 1. The molecule has 2 aromatic carbocycles. The normalized spacial score (nSPS) is 18.1. The van der Waals surface area contributed by atoms with Crippen molar-refractivity contribution in [1.82, 2.24) is 0 Å². The number of amides is 1. The van der Waals surface area contributed by atoms with E-state index >= 15 is 0 Å². The van der Waals surface area contributed by atoms with Gasteiger partial charge >= 0.3 is 6.09 Å². The van der Waals surface area contributed by atoms with Gasteiger partial charge < -0.3 is 15.2 Å². The average molecular weight is 367 g/mol. The molecule has 0 spiro atoms. The lowest BCUT2D eigenvalue weighted by Gasteiger charge is -2.26. The van der Waals surface area contributed by atoms with E-state index in [-0.39, 0.29) is 16.9 Å². The third-order valence-corrected chi connectivity index (χ3v) is 5.37. The lowest BCUT2D eigenvalue weighted by atomic mass is 9.85. The third-order valence-electron chi connectivity index (χ3n) is 5.37. The molecule has 1 aliphatic rings. The standard InChI is InChI=1S/C23H29NO3/c1-22(2,3)16-9-7-8-14(10-16)17-11-15-13-23(4,5)20(27-21(24)25)18(15)12-19(17)26-6/h7-12,20H,13H2,1-6H3,(H2,24,25). The first kappa shape index (κ1) is 19.3. The largest absolute Gasteiger partial charge is 0.496 e. The number of ether oxygens (including phenoxy) is 2. The zero-order valence-electron chi connectivity index (χ0n) is 17.1. The van der Waals surface area contributed by atoms with Crippen LogP contribution in [0.1, 0.15) is 57.4 Å². The van der Waals surface area contributed by atoms with Gasteiger partial charge in [-0.05, 0) is 46.2 Å². The molecule has 0 aliphatic heterocycles. The molecule has 1 aliphatic carbocycles. The first-order valence-electron chi connectivity index (χ1n) is 9.31. The van der Waals surface area contributed by atoms with Gasteiger partial charge in [-0.1, -0.05) is 58.9 Å². The van der Waals surface area contributed by atoms with Gasteiger partial charge in [-0.15, -0.1) is 0 Å². The summed E-state index contributed by atoms with van der Waals surface area (Å²) in [6, 6.07) is 12.7. The summed E-state index contributed by atoms with van der Waals surface area (Å²) in [6.45, 7) is 10.8. The Morgan fingerprint density at radius 3 is 2.48 bits per heavy atom. The number of benzene rings is 2. The maximum Gasteiger partial charge on any atom is 0.405 e. The highest BCUT2D eigenvalue weighted by atomic mass is 16.6. The Kier molecular flexibility index (Phi) is 4.71. The number of fused-ring (bicyclic) bond motifs is 1. The van der Waals surface area contributed by atoms with Crippen molar-refractivity contribution in [1.29, 1.82) is 0 Å². The smallest absolute Gasteiger partial charge is 0.405 e. The van der Waals surface area contributed by atoms with Crippen molar-refractivity contribution < 1.29 is 14.3 Å². The van der Waals surface area contributed by atoms with Crippen LogP contribution >= 0.6 is 0 Å². The minimum absolute atomic E-state index is 0.0718. The first-order valence-corrected chi connectivity index (χ1v) is 9.31. The Labute approximate surface area is 161 Å². The molecule has 0 fully saturated rings. The molecule has 0 aromatic heterocycles. The molecule has 4 nitrogen and oxygen atoms in total. The molecule has 2 aromatic rings. The molecule has 1 unspecified atom stereocenters. The second-order valence-corrected chi connectivity index (χ2v) is 9.06. The van der Waals surface area contributed by atoms with Crippen molar-refractivity contribution in [3.8, 4) is 16.9 Å². The fourth-order valence-electron chi connectivity index (χ4n) is 3.93. The number of rotatable bonds is 3.